The molecule has 13 heterocycles. The Hall–Kier alpha value is -13.1. The molecule has 26 nitrogen and oxygen atoms in total. The average molecular weight is 1600 g/mol. The summed E-state index contributed by atoms with van der Waals surface area (Å²) in [4.78, 5) is 104. The molecule has 0 N–H and O–H groups in total. The van der Waals surface area contributed by atoms with Crippen LogP contribution in [0.5, 0.6) is 23.5 Å². The van der Waals surface area contributed by atoms with E-state index in [1.807, 2.05) is 99.0 Å². The van der Waals surface area contributed by atoms with E-state index in [0.29, 0.717) is 118 Å². The molecule has 12 unspecified atom stereocenters. The van der Waals surface area contributed by atoms with Gasteiger partial charge in [0.1, 0.15) is 60.1 Å². The second-order valence-electron chi connectivity index (χ2n) is 31.6. The first kappa shape index (κ1) is 77.5. The van der Waals surface area contributed by atoms with E-state index in [0.717, 1.165) is 85.7 Å². The van der Waals surface area contributed by atoms with Crippen LogP contribution in [0.2, 0.25) is 0 Å². The zero-order valence-electron chi connectivity index (χ0n) is 65.6. The van der Waals surface area contributed by atoms with Crippen LogP contribution in [0.15, 0.2) is 197 Å². The summed E-state index contributed by atoms with van der Waals surface area (Å²) in [6.45, 7) is 14.2. The highest BCUT2D eigenvalue weighted by atomic mass is 19.1. The molecule has 12 aromatic rings. The van der Waals surface area contributed by atoms with Gasteiger partial charge >= 0.3 is 0 Å². The molecule has 4 aliphatic carbocycles. The Bertz CT molecular complexity index is 5620. The van der Waals surface area contributed by atoms with Gasteiger partial charge in [0.15, 0.2) is 11.6 Å². The number of piperidine rings is 4. The second-order valence-corrected chi connectivity index (χ2v) is 31.6. The fourth-order valence-electron chi connectivity index (χ4n) is 17.8. The lowest BCUT2D eigenvalue weighted by Crippen LogP contribution is -2.47. The maximum absolute atomic E-state index is 14.7. The minimum Gasteiger partial charge on any atom is -0.472 e. The van der Waals surface area contributed by atoms with Crippen molar-refractivity contribution in [2.75, 3.05) is 26.2 Å². The van der Waals surface area contributed by atoms with Crippen molar-refractivity contribution in [3.05, 3.63) is 257 Å². The first-order valence-electron chi connectivity index (χ1n) is 39.6. The van der Waals surface area contributed by atoms with Gasteiger partial charge in [-0.3, -0.25) is 24.2 Å². The van der Waals surface area contributed by atoms with Gasteiger partial charge in [0.25, 0.3) is 29.5 Å². The normalized spacial score (nSPS) is 22.6. The number of halogens is 3. The Balaban J connectivity index is 0.000000113. The van der Waals surface area contributed by atoms with E-state index in [1.165, 1.54) is 67.4 Å². The van der Waals surface area contributed by atoms with Gasteiger partial charge in [-0.1, -0.05) is 35.5 Å². The summed E-state index contributed by atoms with van der Waals surface area (Å²) in [5.74, 6) is 3.07. The highest BCUT2D eigenvalue weighted by Crippen LogP contribution is 2.46. The van der Waals surface area contributed by atoms with Gasteiger partial charge in [-0.15, -0.1) is 0 Å². The largest absolute Gasteiger partial charge is 0.472 e. The standard InChI is InChI=1S/C23H23N5O2.C22H21FN4O3.2C22H20FN3O3/c1-14-4-5-20(26-11-14)30-19-10-16-9-18(19)28(13-16)23(29)17-8-15(2)12-27-21(17)22-24-6-3-7-25-22;1-12-3-6-20(24-10-12)29-19-8-14-7-18(19)27(11-14)22(28)16-5-4-15(23)9-17(16)21-25-13(2)26-30-21;1-13-2-5-20(25-11-13)29-19-9-14-8-18(19)26(12-14)22(27)17-10-15(23)3-4-16(17)21-24-6-7-28-21;1-13-5-6-19(25-11-13)29-18-10-14-9-17(18)26(12-14)22(27)20-15(3-2-4-16(20)23)21-24-7-8-28-21/h3-8,11-12,16,18-19H,9-10,13H2,1-2H3;3-6,9-10,14,18-19H,7-8,11H2,1-2H3;2-7,10-11,14,18-19H,8-9,12H2,1H3;2-8,11,14,17-18H,9-10,12H2,1H3. The number of hydrogen-bond donors (Lipinski definition) is 0. The van der Waals surface area contributed by atoms with Gasteiger partial charge in [0.2, 0.25) is 35.3 Å². The minimum absolute atomic E-state index is 0.00490. The van der Waals surface area contributed by atoms with Crippen LogP contribution in [0, 0.1) is 82.7 Å². The Labute approximate surface area is 677 Å². The molecule has 4 saturated carbocycles. The lowest BCUT2D eigenvalue weighted by Gasteiger charge is -2.33. The van der Waals surface area contributed by atoms with E-state index >= 15 is 0 Å². The summed E-state index contributed by atoms with van der Waals surface area (Å²) in [7, 11) is 0. The predicted octanol–water partition coefficient (Wildman–Crippen LogP) is 14.5. The molecule has 8 bridgehead atoms. The Morgan fingerprint density at radius 3 is 1.25 bits per heavy atom. The number of rotatable bonds is 16. The lowest BCUT2D eigenvalue weighted by molar-refractivity contribution is 0.0461. The molecule has 4 amide bonds. The predicted molar refractivity (Wildman–Crippen MR) is 422 cm³/mol. The van der Waals surface area contributed by atoms with Crippen LogP contribution < -0.4 is 18.9 Å². The summed E-state index contributed by atoms with van der Waals surface area (Å²) in [5, 5.41) is 3.76. The molecule has 118 heavy (non-hydrogen) atoms. The van der Waals surface area contributed by atoms with Gasteiger partial charge in [-0.25, -0.2) is 53.0 Å². The number of ether oxygens (including phenoxy) is 4. The van der Waals surface area contributed by atoms with E-state index in [-0.39, 0.29) is 95.1 Å². The first-order valence-corrected chi connectivity index (χ1v) is 39.6. The number of carbonyl (C=O) groups excluding carboxylic acids is 4. The quantitative estimate of drug-likeness (QED) is 0.0868. The molecule has 20 rings (SSSR count). The number of likely N-dealkylation sites (tertiary alicyclic amines) is 4. The summed E-state index contributed by atoms with van der Waals surface area (Å²) in [5.41, 5.74) is 8.02. The van der Waals surface area contributed by atoms with E-state index in [9.17, 15) is 32.3 Å². The number of oxazole rings is 2. The number of amides is 4. The van der Waals surface area contributed by atoms with Gasteiger partial charge < -0.3 is 51.9 Å². The number of aryl methyl sites for hydroxylation is 6. The van der Waals surface area contributed by atoms with E-state index in [2.05, 4.69) is 55.0 Å². The maximum Gasteiger partial charge on any atom is 0.258 e. The third-order valence-corrected chi connectivity index (χ3v) is 23.1. The van der Waals surface area contributed by atoms with E-state index in [4.69, 9.17) is 32.3 Å². The molecule has 4 saturated heterocycles. The van der Waals surface area contributed by atoms with Crippen LogP contribution >= 0.6 is 0 Å². The summed E-state index contributed by atoms with van der Waals surface area (Å²) in [6.07, 6.45) is 24.7. The van der Waals surface area contributed by atoms with Crippen molar-refractivity contribution in [1.82, 2.24) is 74.6 Å². The highest BCUT2D eigenvalue weighted by Gasteiger charge is 2.53. The number of aromatic nitrogens is 11. The monoisotopic (exact) mass is 1600 g/mol. The van der Waals surface area contributed by atoms with Crippen molar-refractivity contribution in [3.8, 4) is 69.4 Å². The number of hydrogen-bond acceptors (Lipinski definition) is 22. The molecular formula is C89H84F3N15O11. The summed E-state index contributed by atoms with van der Waals surface area (Å²) < 4.78 is 82.9. The van der Waals surface area contributed by atoms with Crippen LogP contribution in [0.25, 0.3) is 45.9 Å². The van der Waals surface area contributed by atoms with Crippen molar-refractivity contribution >= 4 is 23.6 Å². The van der Waals surface area contributed by atoms with Crippen molar-refractivity contribution in [2.45, 2.75) is 141 Å². The third kappa shape index (κ3) is 16.5. The first-order chi connectivity index (χ1) is 57.2. The van der Waals surface area contributed by atoms with Crippen LogP contribution in [0.1, 0.15) is 126 Å². The molecular weight excluding hydrogens is 1510 g/mol. The SMILES string of the molecule is Cc1ccc(OC2CC3CC2N(C(=O)c2c(F)cccc2-c2ncco2)C3)nc1.Cc1ccc(OC2CC3CC2N(C(=O)c2cc(C)cnc2-c2ncccn2)C3)nc1.Cc1ccc(OC2CC3CC2N(C(=O)c2cc(F)ccc2-c2ncco2)C3)nc1.Cc1ccc(OC2CC3CC2N(C(=O)c2ccc(F)cc2-c2nc(C)no2)C3)nc1. The zero-order chi connectivity index (χ0) is 81.4. The molecule has 8 aliphatic rings. The van der Waals surface area contributed by atoms with E-state index < -0.39 is 17.5 Å². The van der Waals surface area contributed by atoms with Crippen LogP contribution in [-0.4, -0.2) is 173 Å². The number of nitrogens with zero attached hydrogens (tertiary/aromatic N) is 15. The molecule has 29 heteroatoms. The molecule has 4 aliphatic heterocycles. The van der Waals surface area contributed by atoms with Crippen molar-refractivity contribution in [1.29, 1.82) is 0 Å². The number of pyridine rings is 5. The number of fused-ring (bicyclic) bond motifs is 8. The van der Waals surface area contributed by atoms with Crippen LogP contribution in [0.4, 0.5) is 13.2 Å². The minimum atomic E-state index is -0.578. The molecule has 8 fully saturated rings. The second kappa shape index (κ2) is 33.3. The van der Waals surface area contributed by atoms with Crippen molar-refractivity contribution in [3.63, 3.8) is 0 Å². The van der Waals surface area contributed by atoms with Gasteiger partial charge in [-0.05, 0) is 205 Å². The zero-order valence-corrected chi connectivity index (χ0v) is 65.6. The van der Waals surface area contributed by atoms with Gasteiger partial charge in [0.05, 0.1) is 75.5 Å². The topological polar surface area (TPSA) is 299 Å². The third-order valence-electron chi connectivity index (χ3n) is 23.1. The fraction of sp³-hybridized carbons (Fsp3) is 0.337. The van der Waals surface area contributed by atoms with Gasteiger partial charge in [-0.2, -0.15) is 4.98 Å². The molecule has 0 spiro atoms. The lowest BCUT2D eigenvalue weighted by atomic mass is 10.0. The molecule has 0 radical (unpaired) electrons. The smallest absolute Gasteiger partial charge is 0.258 e. The Morgan fingerprint density at radius 1 is 0.381 bits per heavy atom. The summed E-state index contributed by atoms with van der Waals surface area (Å²) in [6, 6.07) is 31.3. The molecule has 3 aromatic carbocycles. The van der Waals surface area contributed by atoms with E-state index in [1.54, 1.807) is 78.3 Å². The average Bonchev–Trinajstić information content (AvgIpc) is 1.68. The Morgan fingerprint density at radius 2 is 0.814 bits per heavy atom. The van der Waals surface area contributed by atoms with Crippen molar-refractivity contribution < 1.29 is 64.7 Å². The summed E-state index contributed by atoms with van der Waals surface area (Å²) >= 11 is 0. The van der Waals surface area contributed by atoms with Crippen LogP contribution in [-0.2, 0) is 0 Å². The van der Waals surface area contributed by atoms with Gasteiger partial charge in [0, 0.05) is 93.8 Å². The number of carbonyl (C=O) groups is 4. The molecule has 12 atom stereocenters. The highest BCUT2D eigenvalue weighted by molar-refractivity contribution is 6.03. The fourth-order valence-corrected chi connectivity index (χ4v) is 17.8. The Kier molecular flexibility index (Phi) is 21.8. The number of benzene rings is 3. The molecule has 602 valence electrons. The van der Waals surface area contributed by atoms with Crippen molar-refractivity contribution in [2.24, 2.45) is 23.7 Å². The molecule has 9 aromatic heterocycles. The van der Waals surface area contributed by atoms with Crippen LogP contribution in [0.3, 0.4) is 0 Å². The maximum atomic E-state index is 14.7.